The van der Waals surface area contributed by atoms with Gasteiger partial charge in [0, 0.05) is 27.3 Å². The fraction of sp³-hybridized carbons (Fsp3) is 0.0952. The standard InChI is InChI=1S/C42H31NO/c1-26-12-10-14-28(24-26)43(36-20-11-19-33-31-17-8-9-21-38(31)44-41(33)36)37-25-35-39(32-18-7-6-16-30(32)37)34-23-22-27-13-4-5-15-29(27)40(34)42(35,2)3/h4-25H,1-3H3. The van der Waals surface area contributed by atoms with Crippen LogP contribution in [0.15, 0.2) is 138 Å². The lowest BCUT2D eigenvalue weighted by atomic mass is 9.79. The number of hydrogen-bond acceptors (Lipinski definition) is 2. The summed E-state index contributed by atoms with van der Waals surface area (Å²) >= 11 is 0. The average molecular weight is 566 g/mol. The Morgan fingerprint density at radius 3 is 2.11 bits per heavy atom. The Bertz CT molecular complexity index is 2440. The zero-order chi connectivity index (χ0) is 29.6. The van der Waals surface area contributed by atoms with E-state index in [0.29, 0.717) is 0 Å². The number of hydrogen-bond donors (Lipinski definition) is 0. The van der Waals surface area contributed by atoms with Crippen molar-refractivity contribution < 1.29 is 4.42 Å². The van der Waals surface area contributed by atoms with Crippen molar-refractivity contribution in [3.8, 4) is 11.1 Å². The van der Waals surface area contributed by atoms with Gasteiger partial charge in [-0.25, -0.2) is 0 Å². The van der Waals surface area contributed by atoms with Gasteiger partial charge in [-0.1, -0.05) is 117 Å². The van der Waals surface area contributed by atoms with Crippen LogP contribution in [0.1, 0.15) is 30.5 Å². The Morgan fingerprint density at radius 2 is 1.27 bits per heavy atom. The van der Waals surface area contributed by atoms with Gasteiger partial charge in [-0.15, -0.1) is 0 Å². The third kappa shape index (κ3) is 3.43. The third-order valence-corrected chi connectivity index (χ3v) is 9.64. The molecule has 0 radical (unpaired) electrons. The number of aryl methyl sites for hydroxylation is 1. The molecule has 44 heavy (non-hydrogen) atoms. The van der Waals surface area contributed by atoms with Gasteiger partial charge < -0.3 is 9.32 Å². The van der Waals surface area contributed by atoms with Crippen molar-refractivity contribution >= 4 is 60.5 Å². The van der Waals surface area contributed by atoms with E-state index in [2.05, 4.69) is 153 Å². The summed E-state index contributed by atoms with van der Waals surface area (Å²) in [6, 6.07) is 48.5. The first kappa shape index (κ1) is 25.2. The minimum Gasteiger partial charge on any atom is -0.454 e. The van der Waals surface area contributed by atoms with Gasteiger partial charge in [0.25, 0.3) is 0 Å². The van der Waals surface area contributed by atoms with E-state index in [-0.39, 0.29) is 5.41 Å². The summed E-state index contributed by atoms with van der Waals surface area (Å²) in [5.74, 6) is 0. The van der Waals surface area contributed by atoms with Gasteiger partial charge in [0.05, 0.1) is 11.4 Å². The third-order valence-electron chi connectivity index (χ3n) is 9.64. The van der Waals surface area contributed by atoms with Gasteiger partial charge in [0.15, 0.2) is 5.58 Å². The molecule has 8 aromatic rings. The molecule has 1 aliphatic rings. The molecule has 0 fully saturated rings. The number of furan rings is 1. The second-order valence-corrected chi connectivity index (χ2v) is 12.6. The van der Waals surface area contributed by atoms with Gasteiger partial charge in [-0.3, -0.25) is 0 Å². The summed E-state index contributed by atoms with van der Waals surface area (Å²) in [4.78, 5) is 2.41. The van der Waals surface area contributed by atoms with Crippen LogP contribution in [0.5, 0.6) is 0 Å². The molecule has 1 aromatic heterocycles. The van der Waals surface area contributed by atoms with Gasteiger partial charge in [0.1, 0.15) is 5.58 Å². The quantitative estimate of drug-likeness (QED) is 0.212. The predicted octanol–water partition coefficient (Wildman–Crippen LogP) is 12.0. The molecule has 0 atom stereocenters. The SMILES string of the molecule is Cc1cccc(N(c2cc3c(c4ccccc24)-c2ccc4ccccc4c2C3(C)C)c2cccc3c2oc2ccccc23)c1. The van der Waals surface area contributed by atoms with Crippen LogP contribution in [-0.4, -0.2) is 0 Å². The van der Waals surface area contributed by atoms with E-state index in [1.807, 2.05) is 6.07 Å². The summed E-state index contributed by atoms with van der Waals surface area (Å²) in [6.45, 7) is 6.94. The Labute approximate surface area is 256 Å². The molecule has 2 nitrogen and oxygen atoms in total. The van der Waals surface area contributed by atoms with Gasteiger partial charge in [0.2, 0.25) is 0 Å². The number of benzene rings is 7. The minimum atomic E-state index is -0.187. The maximum Gasteiger partial charge on any atom is 0.159 e. The highest BCUT2D eigenvalue weighted by Gasteiger charge is 2.39. The molecular formula is C42H31NO. The largest absolute Gasteiger partial charge is 0.454 e. The van der Waals surface area contributed by atoms with Crippen molar-refractivity contribution in [2.45, 2.75) is 26.2 Å². The van der Waals surface area contributed by atoms with E-state index < -0.39 is 0 Å². The normalized spacial score (nSPS) is 13.5. The molecule has 1 aliphatic carbocycles. The molecule has 0 aliphatic heterocycles. The van der Waals surface area contributed by atoms with Crippen molar-refractivity contribution in [2.24, 2.45) is 0 Å². The molecular weight excluding hydrogens is 534 g/mol. The van der Waals surface area contributed by atoms with Gasteiger partial charge in [-0.2, -0.15) is 0 Å². The van der Waals surface area contributed by atoms with Gasteiger partial charge in [-0.05, 0) is 81.2 Å². The molecule has 0 spiro atoms. The van der Waals surface area contributed by atoms with E-state index in [0.717, 1.165) is 39.0 Å². The van der Waals surface area contributed by atoms with Crippen molar-refractivity contribution in [2.75, 3.05) is 4.90 Å². The zero-order valence-electron chi connectivity index (χ0n) is 25.1. The fourth-order valence-electron chi connectivity index (χ4n) is 7.70. The van der Waals surface area contributed by atoms with E-state index in [4.69, 9.17) is 4.42 Å². The Kier molecular flexibility index (Phi) is 5.20. The second kappa shape index (κ2) is 9.08. The highest BCUT2D eigenvalue weighted by atomic mass is 16.3. The molecule has 2 heteroatoms. The molecule has 0 N–H and O–H groups in total. The lowest BCUT2D eigenvalue weighted by Crippen LogP contribution is -2.17. The number of para-hydroxylation sites is 2. The summed E-state index contributed by atoms with van der Waals surface area (Å²) < 4.78 is 6.64. The highest BCUT2D eigenvalue weighted by Crippen LogP contribution is 2.56. The predicted molar refractivity (Wildman–Crippen MR) is 186 cm³/mol. The van der Waals surface area contributed by atoms with Crippen molar-refractivity contribution in [3.63, 3.8) is 0 Å². The van der Waals surface area contributed by atoms with Crippen LogP contribution in [-0.2, 0) is 5.41 Å². The average Bonchev–Trinajstić information content (AvgIpc) is 3.54. The highest BCUT2D eigenvalue weighted by molar-refractivity contribution is 6.15. The molecule has 7 aromatic carbocycles. The fourth-order valence-corrected chi connectivity index (χ4v) is 7.70. The molecule has 0 unspecified atom stereocenters. The van der Waals surface area contributed by atoms with E-state index in [1.165, 1.54) is 49.4 Å². The lowest BCUT2D eigenvalue weighted by Gasteiger charge is -2.30. The van der Waals surface area contributed by atoms with Gasteiger partial charge >= 0.3 is 0 Å². The smallest absolute Gasteiger partial charge is 0.159 e. The molecule has 9 rings (SSSR count). The Hall–Kier alpha value is -5.34. The first-order chi connectivity index (χ1) is 21.5. The van der Waals surface area contributed by atoms with Crippen LogP contribution >= 0.6 is 0 Å². The Balaban J connectivity index is 1.40. The molecule has 0 saturated carbocycles. The summed E-state index contributed by atoms with van der Waals surface area (Å²) in [7, 11) is 0. The maximum atomic E-state index is 6.64. The van der Waals surface area contributed by atoms with E-state index >= 15 is 0 Å². The summed E-state index contributed by atoms with van der Waals surface area (Å²) in [6.07, 6.45) is 0. The first-order valence-corrected chi connectivity index (χ1v) is 15.4. The molecule has 0 saturated heterocycles. The lowest BCUT2D eigenvalue weighted by molar-refractivity contribution is 0.666. The minimum absolute atomic E-state index is 0.187. The first-order valence-electron chi connectivity index (χ1n) is 15.4. The Morgan fingerprint density at radius 1 is 0.568 bits per heavy atom. The molecule has 0 amide bonds. The van der Waals surface area contributed by atoms with E-state index in [1.54, 1.807) is 0 Å². The maximum absolute atomic E-state index is 6.64. The van der Waals surface area contributed by atoms with Crippen molar-refractivity contribution in [3.05, 3.63) is 150 Å². The number of anilines is 3. The summed E-state index contributed by atoms with van der Waals surface area (Å²) in [5, 5.41) is 7.37. The molecule has 1 heterocycles. The van der Waals surface area contributed by atoms with Crippen LogP contribution < -0.4 is 4.90 Å². The van der Waals surface area contributed by atoms with Crippen LogP contribution in [0.3, 0.4) is 0 Å². The monoisotopic (exact) mass is 565 g/mol. The van der Waals surface area contributed by atoms with Crippen LogP contribution in [0.25, 0.3) is 54.6 Å². The van der Waals surface area contributed by atoms with Crippen LogP contribution in [0.2, 0.25) is 0 Å². The van der Waals surface area contributed by atoms with Crippen LogP contribution in [0, 0.1) is 6.92 Å². The molecule has 0 bridgehead atoms. The molecule has 210 valence electrons. The van der Waals surface area contributed by atoms with Crippen molar-refractivity contribution in [1.29, 1.82) is 0 Å². The number of fused-ring (bicyclic) bond motifs is 10. The van der Waals surface area contributed by atoms with Crippen molar-refractivity contribution in [1.82, 2.24) is 0 Å². The van der Waals surface area contributed by atoms with E-state index in [9.17, 15) is 0 Å². The zero-order valence-corrected chi connectivity index (χ0v) is 25.1. The topological polar surface area (TPSA) is 16.4 Å². The summed E-state index contributed by atoms with van der Waals surface area (Å²) in [5.41, 5.74) is 11.6. The van der Waals surface area contributed by atoms with Crippen LogP contribution in [0.4, 0.5) is 17.1 Å². The second-order valence-electron chi connectivity index (χ2n) is 12.6. The number of nitrogens with zero attached hydrogens (tertiary/aromatic N) is 1. The number of rotatable bonds is 3.